The summed E-state index contributed by atoms with van der Waals surface area (Å²) in [6.45, 7) is 8.24. The van der Waals surface area contributed by atoms with E-state index in [9.17, 15) is 4.79 Å². The van der Waals surface area contributed by atoms with E-state index in [0.29, 0.717) is 34.4 Å². The van der Waals surface area contributed by atoms with Crippen molar-refractivity contribution >= 4 is 13.1 Å². The third-order valence-corrected chi connectivity index (χ3v) is 9.18. The minimum atomic E-state index is -0.939. The molecule has 5 nitrogen and oxygen atoms in total. The van der Waals surface area contributed by atoms with Crippen LogP contribution in [0, 0.1) is 17.3 Å². The van der Waals surface area contributed by atoms with Crippen molar-refractivity contribution in [3.05, 3.63) is 29.3 Å². The average Bonchev–Trinajstić information content (AvgIpc) is 3.35. The smallest absolute Gasteiger partial charge is 0.452 e. The maximum atomic E-state index is 12.4. The maximum Gasteiger partial charge on any atom is 0.461 e. The Morgan fingerprint density at radius 1 is 1.07 bits per heavy atom. The predicted octanol–water partition coefficient (Wildman–Crippen LogP) is 3.92. The number of cyclic esters (lactones) is 1. The van der Waals surface area contributed by atoms with Gasteiger partial charge in [-0.05, 0) is 55.6 Å². The lowest BCUT2D eigenvalue weighted by molar-refractivity contribution is -0.429. The number of hydrogen-bond acceptors (Lipinski definition) is 5. The van der Waals surface area contributed by atoms with Crippen molar-refractivity contribution in [3.63, 3.8) is 0 Å². The highest BCUT2D eigenvalue weighted by atomic mass is 16.7. The Balaban J connectivity index is 1.18. The van der Waals surface area contributed by atoms with Crippen molar-refractivity contribution in [2.24, 2.45) is 17.3 Å². The van der Waals surface area contributed by atoms with E-state index in [2.05, 4.69) is 19.9 Å². The number of rotatable bonds is 2. The molecule has 7 atom stereocenters. The first-order chi connectivity index (χ1) is 13.2. The molecular weight excluding hydrogens is 355 g/mol. The van der Waals surface area contributed by atoms with Gasteiger partial charge in [-0.2, -0.15) is 0 Å². The Bertz CT molecular complexity index is 960. The van der Waals surface area contributed by atoms with E-state index in [1.54, 1.807) is 19.9 Å². The normalized spacial score (nSPS) is 50.7. The molecule has 0 aromatic heterocycles. The van der Waals surface area contributed by atoms with Crippen LogP contribution in [0.5, 0.6) is 5.75 Å². The van der Waals surface area contributed by atoms with E-state index < -0.39 is 5.79 Å². The molecule has 4 unspecified atom stereocenters. The summed E-state index contributed by atoms with van der Waals surface area (Å²) < 4.78 is 24.7. The first-order valence-electron chi connectivity index (χ1n) is 10.6. The van der Waals surface area contributed by atoms with Crippen molar-refractivity contribution in [3.8, 4) is 5.75 Å². The molecule has 0 bridgehead atoms. The molecule has 1 aromatic rings. The molecule has 0 amide bonds. The first kappa shape index (κ1) is 16.3. The Morgan fingerprint density at radius 3 is 2.61 bits per heavy atom. The van der Waals surface area contributed by atoms with E-state index in [1.807, 2.05) is 6.07 Å². The standard InChI is InChI=1S/C22H25BO5/c1-19(2)25-17-12(6-5-7-13(17)18(24)26-19)14-9-15(14)23-27-21(4)16-8-11-10-22(21,28-23)20(11,16)3/h5-7,11,14-16H,8-10H2,1-4H3/t11?,14-,15-,16?,20?,21-,22?/m0/s1. The second-order valence-electron chi connectivity index (χ2n) is 10.6. The van der Waals surface area contributed by atoms with Gasteiger partial charge >= 0.3 is 13.1 Å². The first-order valence-corrected chi connectivity index (χ1v) is 10.6. The summed E-state index contributed by atoms with van der Waals surface area (Å²) in [6.07, 6.45) is 3.47. The number of fused-ring (bicyclic) bond motifs is 2. The van der Waals surface area contributed by atoms with E-state index in [4.69, 9.17) is 18.8 Å². The van der Waals surface area contributed by atoms with Gasteiger partial charge in [0.1, 0.15) is 11.3 Å². The van der Waals surface area contributed by atoms with Gasteiger partial charge < -0.3 is 18.8 Å². The van der Waals surface area contributed by atoms with Crippen LogP contribution in [0.25, 0.3) is 0 Å². The van der Waals surface area contributed by atoms with E-state index >= 15 is 0 Å². The summed E-state index contributed by atoms with van der Waals surface area (Å²) >= 11 is 0. The van der Waals surface area contributed by atoms with Crippen molar-refractivity contribution < 1.29 is 23.6 Å². The van der Waals surface area contributed by atoms with Crippen LogP contribution in [-0.4, -0.2) is 30.1 Å². The second kappa shape index (κ2) is 4.31. The predicted molar refractivity (Wildman–Crippen MR) is 101 cm³/mol. The van der Waals surface area contributed by atoms with Crippen LogP contribution >= 0.6 is 0 Å². The van der Waals surface area contributed by atoms with Crippen LogP contribution < -0.4 is 4.74 Å². The summed E-state index contributed by atoms with van der Waals surface area (Å²) in [7, 11) is -0.141. The van der Waals surface area contributed by atoms with Crippen LogP contribution in [0.2, 0.25) is 5.82 Å². The number of hydrogen-bond donors (Lipinski definition) is 0. The van der Waals surface area contributed by atoms with Gasteiger partial charge in [-0.3, -0.25) is 0 Å². The lowest BCUT2D eigenvalue weighted by atomic mass is 9.21. The highest BCUT2D eigenvalue weighted by Crippen LogP contribution is 2.88. The molecule has 0 N–H and O–H groups in total. The summed E-state index contributed by atoms with van der Waals surface area (Å²) in [6, 6.07) is 5.78. The SMILES string of the molecule is CC1(C)OC(=O)c2cccc([C@@H]3C[C@@H]3B3OC45CC6CC(C64C)[C@]5(C)O3)c2O1. The molecule has 28 heavy (non-hydrogen) atoms. The fourth-order valence-electron chi connectivity index (χ4n) is 7.63. The van der Waals surface area contributed by atoms with Crippen LogP contribution in [0.4, 0.5) is 0 Å². The minimum absolute atomic E-state index is 0.0518. The van der Waals surface area contributed by atoms with Gasteiger partial charge in [0.05, 0.1) is 11.2 Å². The summed E-state index contributed by atoms with van der Waals surface area (Å²) in [4.78, 5) is 12.4. The fourth-order valence-corrected chi connectivity index (χ4v) is 7.63. The average molecular weight is 380 g/mol. The topological polar surface area (TPSA) is 54.0 Å². The van der Waals surface area contributed by atoms with Gasteiger partial charge in [-0.1, -0.05) is 19.1 Å². The molecular formula is C22H25BO5. The molecule has 6 heteroatoms. The van der Waals surface area contributed by atoms with Gasteiger partial charge in [0.2, 0.25) is 5.79 Å². The molecule has 146 valence electrons. The lowest BCUT2D eigenvalue weighted by Crippen LogP contribution is -2.92. The summed E-state index contributed by atoms with van der Waals surface area (Å²) in [5.74, 6) is 1.56. The van der Waals surface area contributed by atoms with Crippen molar-refractivity contribution in [2.45, 2.75) is 75.7 Å². The molecule has 4 aliphatic carbocycles. The number of ether oxygens (including phenoxy) is 2. The van der Waals surface area contributed by atoms with Crippen molar-refractivity contribution in [2.75, 3.05) is 0 Å². The Kier molecular flexibility index (Phi) is 2.51. The van der Waals surface area contributed by atoms with Gasteiger partial charge in [0, 0.05) is 25.1 Å². The van der Waals surface area contributed by atoms with Gasteiger partial charge in [-0.15, -0.1) is 0 Å². The highest BCUT2D eigenvalue weighted by Gasteiger charge is 2.94. The molecule has 1 spiro atoms. The Labute approximate surface area is 165 Å². The molecule has 5 fully saturated rings. The van der Waals surface area contributed by atoms with E-state index in [1.165, 1.54) is 6.42 Å². The molecule has 2 aliphatic heterocycles. The Morgan fingerprint density at radius 2 is 1.89 bits per heavy atom. The van der Waals surface area contributed by atoms with Crippen LogP contribution in [0.1, 0.15) is 68.8 Å². The third-order valence-electron chi connectivity index (χ3n) is 9.18. The monoisotopic (exact) mass is 380 g/mol. The summed E-state index contributed by atoms with van der Waals surface area (Å²) in [5.41, 5.74) is 1.80. The number of esters is 1. The third kappa shape index (κ3) is 1.48. The zero-order chi connectivity index (χ0) is 19.3. The molecule has 1 aromatic carbocycles. The van der Waals surface area contributed by atoms with Gasteiger partial charge in [0.25, 0.3) is 0 Å². The number of carbonyl (C=O) groups excluding carboxylic acids is 1. The number of benzene rings is 1. The highest BCUT2D eigenvalue weighted by molar-refractivity contribution is 6.49. The van der Waals surface area contributed by atoms with E-state index in [0.717, 1.165) is 24.3 Å². The van der Waals surface area contributed by atoms with Crippen molar-refractivity contribution in [1.82, 2.24) is 0 Å². The molecule has 4 saturated carbocycles. The van der Waals surface area contributed by atoms with Crippen LogP contribution in [0.3, 0.4) is 0 Å². The van der Waals surface area contributed by atoms with Gasteiger partial charge in [-0.25, -0.2) is 4.79 Å². The van der Waals surface area contributed by atoms with E-state index in [-0.39, 0.29) is 24.3 Å². The zero-order valence-corrected chi connectivity index (χ0v) is 16.8. The quantitative estimate of drug-likeness (QED) is 0.575. The van der Waals surface area contributed by atoms with Crippen LogP contribution in [-0.2, 0) is 14.0 Å². The van der Waals surface area contributed by atoms with Crippen LogP contribution in [0.15, 0.2) is 18.2 Å². The molecule has 7 rings (SSSR count). The Hall–Kier alpha value is -1.53. The molecule has 2 heterocycles. The maximum absolute atomic E-state index is 12.4. The largest absolute Gasteiger partial charge is 0.461 e. The minimum Gasteiger partial charge on any atom is -0.452 e. The molecule has 1 saturated heterocycles. The van der Waals surface area contributed by atoms with Gasteiger partial charge in [0.15, 0.2) is 0 Å². The lowest BCUT2D eigenvalue weighted by Gasteiger charge is -2.87. The fraction of sp³-hybridized carbons (Fsp3) is 0.682. The summed E-state index contributed by atoms with van der Waals surface area (Å²) in [5, 5.41) is 0. The molecule has 0 radical (unpaired) electrons. The zero-order valence-electron chi connectivity index (χ0n) is 16.8. The molecule has 6 aliphatic rings. The number of para-hydroxylation sites is 1. The second-order valence-corrected chi connectivity index (χ2v) is 10.6. The van der Waals surface area contributed by atoms with Crippen molar-refractivity contribution in [1.29, 1.82) is 0 Å². The number of carbonyl (C=O) groups is 1.